The maximum atomic E-state index is 12.5. The van der Waals surface area contributed by atoms with Crippen molar-refractivity contribution < 1.29 is 14.6 Å². The molecule has 33 heavy (non-hydrogen) atoms. The molecule has 1 aliphatic carbocycles. The summed E-state index contributed by atoms with van der Waals surface area (Å²) in [7, 11) is 0. The standard InChI is InChI=1S/C26H29N3O3S/c1-13-17-12-15(10-11-18(17)29-28-13)21-20(23(25(30)31)32-26(3,4)5)14(2)27-24-22(21)16-8-6-7-9-19(16)33-24/h10-12,23H,6-9H2,1-5H3,(H,28,29)(H,30,31). The summed E-state index contributed by atoms with van der Waals surface area (Å²) in [5, 5.41) is 19.8. The number of carboxylic acid groups (broad SMARTS) is 1. The highest BCUT2D eigenvalue weighted by molar-refractivity contribution is 7.19. The number of ether oxygens (including phenoxy) is 1. The number of pyridine rings is 1. The van der Waals surface area contributed by atoms with Crippen molar-refractivity contribution in [1.29, 1.82) is 0 Å². The summed E-state index contributed by atoms with van der Waals surface area (Å²) in [6, 6.07) is 6.20. The van der Waals surface area contributed by atoms with Gasteiger partial charge in [-0.3, -0.25) is 5.10 Å². The second-order valence-corrected chi connectivity index (χ2v) is 11.0. The van der Waals surface area contributed by atoms with E-state index < -0.39 is 17.7 Å². The molecule has 0 radical (unpaired) electrons. The summed E-state index contributed by atoms with van der Waals surface area (Å²) in [4.78, 5) is 19.8. The Kier molecular flexibility index (Phi) is 5.29. The zero-order valence-electron chi connectivity index (χ0n) is 19.7. The monoisotopic (exact) mass is 463 g/mol. The van der Waals surface area contributed by atoms with Crippen LogP contribution in [0.1, 0.15) is 67.1 Å². The first-order chi connectivity index (χ1) is 15.6. The summed E-state index contributed by atoms with van der Waals surface area (Å²) in [6.07, 6.45) is 3.27. The van der Waals surface area contributed by atoms with Gasteiger partial charge in [0.1, 0.15) is 4.83 Å². The van der Waals surface area contributed by atoms with Gasteiger partial charge in [0.15, 0.2) is 6.10 Å². The van der Waals surface area contributed by atoms with Gasteiger partial charge in [-0.15, -0.1) is 11.3 Å². The fourth-order valence-corrected chi connectivity index (χ4v) is 6.24. The van der Waals surface area contributed by atoms with Crippen LogP contribution in [0.15, 0.2) is 18.2 Å². The molecular weight excluding hydrogens is 434 g/mol. The summed E-state index contributed by atoms with van der Waals surface area (Å²) in [6.45, 7) is 9.54. The molecule has 0 saturated heterocycles. The third-order valence-corrected chi connectivity index (χ3v) is 7.52. The number of nitrogens with one attached hydrogen (secondary N) is 1. The van der Waals surface area contributed by atoms with E-state index in [2.05, 4.69) is 22.3 Å². The lowest BCUT2D eigenvalue weighted by Gasteiger charge is -2.28. The van der Waals surface area contributed by atoms with Crippen molar-refractivity contribution in [2.75, 3.05) is 0 Å². The van der Waals surface area contributed by atoms with Crippen molar-refractivity contribution in [2.45, 2.75) is 72.0 Å². The van der Waals surface area contributed by atoms with Gasteiger partial charge in [0.25, 0.3) is 0 Å². The zero-order valence-corrected chi connectivity index (χ0v) is 20.5. The van der Waals surface area contributed by atoms with Crippen LogP contribution in [0.4, 0.5) is 0 Å². The second-order valence-electron chi connectivity index (χ2n) is 9.89. The van der Waals surface area contributed by atoms with Crippen LogP contribution in [-0.2, 0) is 22.4 Å². The van der Waals surface area contributed by atoms with Gasteiger partial charge in [-0.2, -0.15) is 5.10 Å². The number of benzene rings is 1. The Morgan fingerprint density at radius 3 is 2.67 bits per heavy atom. The van der Waals surface area contributed by atoms with Crippen molar-refractivity contribution in [3.63, 3.8) is 0 Å². The molecule has 4 aromatic rings. The van der Waals surface area contributed by atoms with Gasteiger partial charge in [0, 0.05) is 32.5 Å². The number of H-pyrrole nitrogens is 1. The summed E-state index contributed by atoms with van der Waals surface area (Å²) in [5.41, 5.74) is 5.86. The number of aromatic amines is 1. The Balaban J connectivity index is 1.88. The number of carboxylic acids is 1. The van der Waals surface area contributed by atoms with Gasteiger partial charge >= 0.3 is 5.97 Å². The summed E-state index contributed by atoms with van der Waals surface area (Å²) < 4.78 is 6.14. The quantitative estimate of drug-likeness (QED) is 0.372. The van der Waals surface area contributed by atoms with Gasteiger partial charge < -0.3 is 9.84 Å². The maximum Gasteiger partial charge on any atom is 0.337 e. The smallest absolute Gasteiger partial charge is 0.337 e. The van der Waals surface area contributed by atoms with Crippen molar-refractivity contribution >= 4 is 38.4 Å². The molecule has 2 N–H and O–H groups in total. The number of aliphatic carboxylic acids is 1. The van der Waals surface area contributed by atoms with Gasteiger partial charge in [-0.25, -0.2) is 9.78 Å². The number of thiophene rings is 1. The molecule has 1 unspecified atom stereocenters. The van der Waals surface area contributed by atoms with Gasteiger partial charge in [0.2, 0.25) is 0 Å². The SMILES string of the molecule is Cc1nc2sc3c(c2c(-c2ccc4[nH]nc(C)c4c2)c1C(OC(C)(C)C)C(=O)O)CCCC3. The van der Waals surface area contributed by atoms with E-state index in [4.69, 9.17) is 9.72 Å². The minimum absolute atomic E-state index is 0.624. The molecule has 0 spiro atoms. The lowest BCUT2D eigenvalue weighted by atomic mass is 9.87. The molecule has 0 fully saturated rings. The first kappa shape index (κ1) is 22.0. The Hall–Kier alpha value is -2.77. The lowest BCUT2D eigenvalue weighted by Crippen LogP contribution is -2.28. The van der Waals surface area contributed by atoms with Crippen LogP contribution in [0.25, 0.3) is 32.2 Å². The second kappa shape index (κ2) is 7.92. The van der Waals surface area contributed by atoms with Gasteiger partial charge in [-0.05, 0) is 83.6 Å². The summed E-state index contributed by atoms with van der Waals surface area (Å²) >= 11 is 1.76. The van der Waals surface area contributed by atoms with E-state index in [1.54, 1.807) is 11.3 Å². The molecule has 1 aliphatic rings. The average Bonchev–Trinajstić information content (AvgIpc) is 3.30. The molecule has 3 aromatic heterocycles. The molecule has 0 bridgehead atoms. The first-order valence-corrected chi connectivity index (χ1v) is 12.3. The Morgan fingerprint density at radius 1 is 1.18 bits per heavy atom. The highest BCUT2D eigenvalue weighted by Crippen LogP contribution is 2.46. The molecule has 5 rings (SSSR count). The highest BCUT2D eigenvalue weighted by Gasteiger charge is 2.34. The van der Waals surface area contributed by atoms with Crippen LogP contribution in [0.5, 0.6) is 0 Å². The molecular formula is C26H29N3O3S. The van der Waals surface area contributed by atoms with E-state index in [9.17, 15) is 9.90 Å². The average molecular weight is 464 g/mol. The minimum Gasteiger partial charge on any atom is -0.479 e. The molecule has 0 saturated carbocycles. The third kappa shape index (κ3) is 3.83. The molecule has 3 heterocycles. The van der Waals surface area contributed by atoms with E-state index in [-0.39, 0.29) is 0 Å². The number of rotatable bonds is 4. The van der Waals surface area contributed by atoms with Crippen LogP contribution >= 0.6 is 11.3 Å². The number of hydrogen-bond donors (Lipinski definition) is 2. The summed E-state index contributed by atoms with van der Waals surface area (Å²) in [5.74, 6) is -1.000. The molecule has 1 atom stereocenters. The fraction of sp³-hybridized carbons (Fsp3) is 0.423. The Morgan fingerprint density at radius 2 is 1.94 bits per heavy atom. The van der Waals surface area contributed by atoms with Crippen molar-refractivity contribution in [3.8, 4) is 11.1 Å². The molecule has 172 valence electrons. The number of carbonyl (C=O) groups is 1. The molecule has 6 nitrogen and oxygen atoms in total. The number of aromatic nitrogens is 3. The van der Waals surface area contributed by atoms with E-state index in [1.165, 1.54) is 16.9 Å². The normalized spacial score (nSPS) is 15.2. The van der Waals surface area contributed by atoms with Crippen LogP contribution in [-0.4, -0.2) is 31.9 Å². The maximum absolute atomic E-state index is 12.5. The van der Waals surface area contributed by atoms with Crippen molar-refractivity contribution in [3.05, 3.63) is 45.6 Å². The highest BCUT2D eigenvalue weighted by atomic mass is 32.1. The number of fused-ring (bicyclic) bond motifs is 4. The van der Waals surface area contributed by atoms with Crippen molar-refractivity contribution in [2.24, 2.45) is 0 Å². The predicted molar refractivity (Wildman–Crippen MR) is 132 cm³/mol. The van der Waals surface area contributed by atoms with E-state index in [1.807, 2.05) is 40.7 Å². The molecule has 0 aliphatic heterocycles. The van der Waals surface area contributed by atoms with E-state index in [0.29, 0.717) is 11.3 Å². The topological polar surface area (TPSA) is 88.1 Å². The van der Waals surface area contributed by atoms with Crippen LogP contribution < -0.4 is 0 Å². The van der Waals surface area contributed by atoms with Crippen molar-refractivity contribution in [1.82, 2.24) is 15.2 Å². The Bertz CT molecular complexity index is 1390. The lowest BCUT2D eigenvalue weighted by molar-refractivity contribution is -0.160. The third-order valence-electron chi connectivity index (χ3n) is 6.33. The molecule has 7 heteroatoms. The number of nitrogens with zero attached hydrogens (tertiary/aromatic N) is 2. The van der Waals surface area contributed by atoms with Gasteiger partial charge in [0.05, 0.1) is 16.8 Å². The number of hydrogen-bond acceptors (Lipinski definition) is 5. The van der Waals surface area contributed by atoms with E-state index in [0.717, 1.165) is 57.2 Å². The molecule has 1 aromatic carbocycles. The van der Waals surface area contributed by atoms with Gasteiger partial charge in [-0.1, -0.05) is 6.07 Å². The van der Waals surface area contributed by atoms with Crippen LogP contribution in [0, 0.1) is 13.8 Å². The fourth-order valence-electron chi connectivity index (χ4n) is 4.92. The first-order valence-electron chi connectivity index (χ1n) is 11.4. The van der Waals surface area contributed by atoms with Crippen LogP contribution in [0.2, 0.25) is 0 Å². The number of aryl methyl sites for hydroxylation is 4. The minimum atomic E-state index is -1.11. The molecule has 0 amide bonds. The predicted octanol–water partition coefficient (Wildman–Crippen LogP) is 6.28. The Labute approximate surface area is 197 Å². The largest absolute Gasteiger partial charge is 0.479 e. The zero-order chi connectivity index (χ0) is 23.5. The van der Waals surface area contributed by atoms with Crippen LogP contribution in [0.3, 0.4) is 0 Å². The van der Waals surface area contributed by atoms with E-state index >= 15 is 0 Å².